The van der Waals surface area contributed by atoms with Gasteiger partial charge in [-0.3, -0.25) is 0 Å². The van der Waals surface area contributed by atoms with Crippen molar-refractivity contribution in [1.82, 2.24) is 10.2 Å². The van der Waals surface area contributed by atoms with Gasteiger partial charge in [-0.05, 0) is 36.5 Å². The fourth-order valence-electron chi connectivity index (χ4n) is 2.97. The second-order valence-corrected chi connectivity index (χ2v) is 6.49. The van der Waals surface area contributed by atoms with Gasteiger partial charge in [0.05, 0.1) is 7.11 Å². The SMILES string of the molecule is COc1c(C(C)C)cc(Cl)c(C)c1CCN1CCNCC1. The summed E-state index contributed by atoms with van der Waals surface area (Å²) in [6.07, 6.45) is 0.995. The molecule has 0 unspecified atom stereocenters. The van der Waals surface area contributed by atoms with Crippen molar-refractivity contribution < 1.29 is 4.74 Å². The highest BCUT2D eigenvalue weighted by Gasteiger charge is 2.18. The Bertz CT molecular complexity index is 482. The Labute approximate surface area is 133 Å². The molecule has 0 radical (unpaired) electrons. The van der Waals surface area contributed by atoms with Crippen molar-refractivity contribution in [3.8, 4) is 5.75 Å². The van der Waals surface area contributed by atoms with E-state index in [1.165, 1.54) is 11.1 Å². The summed E-state index contributed by atoms with van der Waals surface area (Å²) in [7, 11) is 1.77. The Morgan fingerprint density at radius 1 is 1.33 bits per heavy atom. The Morgan fingerprint density at radius 3 is 2.57 bits per heavy atom. The van der Waals surface area contributed by atoms with Crippen LogP contribution in [0.1, 0.15) is 36.5 Å². The molecule has 1 fully saturated rings. The highest BCUT2D eigenvalue weighted by Crippen LogP contribution is 2.36. The number of benzene rings is 1. The lowest BCUT2D eigenvalue weighted by Crippen LogP contribution is -2.44. The van der Waals surface area contributed by atoms with E-state index in [2.05, 4.69) is 37.1 Å². The van der Waals surface area contributed by atoms with E-state index >= 15 is 0 Å². The molecule has 1 aliphatic rings. The van der Waals surface area contributed by atoms with E-state index in [4.69, 9.17) is 16.3 Å². The quantitative estimate of drug-likeness (QED) is 0.903. The van der Waals surface area contributed by atoms with Crippen LogP contribution in [-0.2, 0) is 6.42 Å². The molecule has 1 N–H and O–H groups in total. The minimum atomic E-state index is 0.413. The highest BCUT2D eigenvalue weighted by molar-refractivity contribution is 6.31. The van der Waals surface area contributed by atoms with E-state index in [0.29, 0.717) is 5.92 Å². The van der Waals surface area contributed by atoms with Gasteiger partial charge in [0.1, 0.15) is 5.75 Å². The first-order valence-electron chi connectivity index (χ1n) is 7.83. The summed E-state index contributed by atoms with van der Waals surface area (Å²) >= 11 is 6.43. The van der Waals surface area contributed by atoms with Crippen LogP contribution in [0.25, 0.3) is 0 Å². The minimum Gasteiger partial charge on any atom is -0.496 e. The zero-order valence-electron chi connectivity index (χ0n) is 13.6. The first-order chi connectivity index (χ1) is 10.0. The van der Waals surface area contributed by atoms with Crippen LogP contribution >= 0.6 is 11.6 Å². The van der Waals surface area contributed by atoms with Crippen molar-refractivity contribution in [1.29, 1.82) is 0 Å². The van der Waals surface area contributed by atoms with Crippen molar-refractivity contribution in [3.05, 3.63) is 27.8 Å². The van der Waals surface area contributed by atoms with Gasteiger partial charge in [-0.15, -0.1) is 0 Å². The molecule has 3 nitrogen and oxygen atoms in total. The second-order valence-electron chi connectivity index (χ2n) is 6.08. The molecular formula is C17H27ClN2O. The lowest BCUT2D eigenvalue weighted by molar-refractivity contribution is 0.243. The van der Waals surface area contributed by atoms with Gasteiger partial charge in [0.15, 0.2) is 0 Å². The topological polar surface area (TPSA) is 24.5 Å². The number of hydrogen-bond donors (Lipinski definition) is 1. The van der Waals surface area contributed by atoms with Gasteiger partial charge < -0.3 is 15.0 Å². The van der Waals surface area contributed by atoms with E-state index in [-0.39, 0.29) is 0 Å². The van der Waals surface area contributed by atoms with Crippen LogP contribution in [0.2, 0.25) is 5.02 Å². The van der Waals surface area contributed by atoms with Crippen LogP contribution in [-0.4, -0.2) is 44.7 Å². The summed E-state index contributed by atoms with van der Waals surface area (Å²) in [5.41, 5.74) is 3.64. The van der Waals surface area contributed by atoms with Crippen LogP contribution in [0.3, 0.4) is 0 Å². The third-order valence-electron chi connectivity index (χ3n) is 4.34. The van der Waals surface area contributed by atoms with E-state index in [1.54, 1.807) is 7.11 Å². The van der Waals surface area contributed by atoms with Gasteiger partial charge in [-0.2, -0.15) is 0 Å². The van der Waals surface area contributed by atoms with Crippen molar-refractivity contribution in [3.63, 3.8) is 0 Å². The zero-order chi connectivity index (χ0) is 15.4. The monoisotopic (exact) mass is 310 g/mol. The molecule has 1 heterocycles. The highest BCUT2D eigenvalue weighted by atomic mass is 35.5. The molecule has 1 aliphatic heterocycles. The van der Waals surface area contributed by atoms with Crippen LogP contribution < -0.4 is 10.1 Å². The lowest BCUT2D eigenvalue weighted by atomic mass is 9.94. The number of methoxy groups -OCH3 is 1. The number of halogens is 1. The van der Waals surface area contributed by atoms with E-state index < -0.39 is 0 Å². The second kappa shape index (κ2) is 7.48. The molecule has 2 rings (SSSR count). The van der Waals surface area contributed by atoms with Crippen LogP contribution in [0.15, 0.2) is 6.07 Å². The molecule has 0 aromatic heterocycles. The molecular weight excluding hydrogens is 284 g/mol. The van der Waals surface area contributed by atoms with Gasteiger partial charge in [-0.25, -0.2) is 0 Å². The van der Waals surface area contributed by atoms with Gasteiger partial charge in [0, 0.05) is 43.3 Å². The summed E-state index contributed by atoms with van der Waals surface area (Å²) in [6.45, 7) is 12.0. The molecule has 1 aromatic rings. The lowest BCUT2D eigenvalue weighted by Gasteiger charge is -2.28. The number of ether oxygens (including phenoxy) is 1. The maximum absolute atomic E-state index is 6.43. The largest absolute Gasteiger partial charge is 0.496 e. The number of nitrogens with zero attached hydrogens (tertiary/aromatic N) is 1. The molecule has 0 saturated carbocycles. The predicted molar refractivity (Wildman–Crippen MR) is 89.8 cm³/mol. The molecule has 1 saturated heterocycles. The van der Waals surface area contributed by atoms with Gasteiger partial charge in [0.2, 0.25) is 0 Å². The zero-order valence-corrected chi connectivity index (χ0v) is 14.4. The Kier molecular flexibility index (Phi) is 5.91. The number of piperazine rings is 1. The molecule has 118 valence electrons. The van der Waals surface area contributed by atoms with E-state index in [0.717, 1.165) is 55.5 Å². The summed E-state index contributed by atoms with van der Waals surface area (Å²) in [5.74, 6) is 1.44. The van der Waals surface area contributed by atoms with Crippen LogP contribution in [0.5, 0.6) is 5.75 Å². The number of nitrogens with one attached hydrogen (secondary N) is 1. The molecule has 0 spiro atoms. The molecule has 4 heteroatoms. The minimum absolute atomic E-state index is 0.413. The molecule has 0 aliphatic carbocycles. The Balaban J connectivity index is 2.23. The third-order valence-corrected chi connectivity index (χ3v) is 4.74. The maximum atomic E-state index is 6.43. The number of hydrogen-bond acceptors (Lipinski definition) is 3. The van der Waals surface area contributed by atoms with E-state index in [9.17, 15) is 0 Å². The fraction of sp³-hybridized carbons (Fsp3) is 0.647. The van der Waals surface area contributed by atoms with Crippen molar-refractivity contribution in [2.24, 2.45) is 0 Å². The van der Waals surface area contributed by atoms with Crippen LogP contribution in [0.4, 0.5) is 0 Å². The first kappa shape index (κ1) is 16.6. The average Bonchev–Trinajstić information content (AvgIpc) is 2.49. The Hall–Kier alpha value is -0.770. The normalized spacial score (nSPS) is 16.5. The van der Waals surface area contributed by atoms with Gasteiger partial charge in [-0.1, -0.05) is 25.4 Å². The molecule has 1 aromatic carbocycles. The standard InChI is InChI=1S/C17H27ClN2O/c1-12(2)15-11-16(18)13(3)14(17(15)21-4)5-8-20-9-6-19-7-10-20/h11-12,19H,5-10H2,1-4H3. The summed E-state index contributed by atoms with van der Waals surface area (Å²) < 4.78 is 5.72. The molecule has 21 heavy (non-hydrogen) atoms. The van der Waals surface area contributed by atoms with Crippen molar-refractivity contribution >= 4 is 11.6 Å². The maximum Gasteiger partial charge on any atom is 0.125 e. The summed E-state index contributed by atoms with van der Waals surface area (Å²) in [4.78, 5) is 2.51. The molecule has 0 atom stereocenters. The van der Waals surface area contributed by atoms with Gasteiger partial charge in [0.25, 0.3) is 0 Å². The van der Waals surface area contributed by atoms with Crippen molar-refractivity contribution in [2.45, 2.75) is 33.1 Å². The smallest absolute Gasteiger partial charge is 0.125 e. The average molecular weight is 311 g/mol. The number of rotatable bonds is 5. The molecule has 0 bridgehead atoms. The first-order valence-corrected chi connectivity index (χ1v) is 8.21. The molecule has 0 amide bonds. The third kappa shape index (κ3) is 3.91. The summed E-state index contributed by atoms with van der Waals surface area (Å²) in [6, 6.07) is 2.06. The summed E-state index contributed by atoms with van der Waals surface area (Å²) in [5, 5.41) is 4.25. The fourth-order valence-corrected chi connectivity index (χ4v) is 3.21. The van der Waals surface area contributed by atoms with Crippen LogP contribution in [0, 0.1) is 6.92 Å². The Morgan fingerprint density at radius 2 is 2.00 bits per heavy atom. The predicted octanol–water partition coefficient (Wildman–Crippen LogP) is 3.23. The van der Waals surface area contributed by atoms with Crippen molar-refractivity contribution in [2.75, 3.05) is 39.8 Å². The van der Waals surface area contributed by atoms with E-state index in [1.807, 2.05) is 0 Å². The van der Waals surface area contributed by atoms with Gasteiger partial charge >= 0.3 is 0 Å².